The highest BCUT2D eigenvalue weighted by Crippen LogP contribution is 2.41. The van der Waals surface area contributed by atoms with Crippen LogP contribution in [0.1, 0.15) is 37.1 Å². The number of anilines is 1. The number of ether oxygens (including phenoxy) is 3. The molecule has 0 bridgehead atoms. The number of fused-ring (bicyclic) bond motifs is 1. The number of carbonyl (C=O) groups excluding carboxylic acids is 2. The summed E-state index contributed by atoms with van der Waals surface area (Å²) in [6.07, 6.45) is 5.07. The predicted octanol–water partition coefficient (Wildman–Crippen LogP) is 4.99. The maximum Gasteiger partial charge on any atom is 0.313 e. The Kier molecular flexibility index (Phi) is 7.13. The Morgan fingerprint density at radius 2 is 1.85 bits per heavy atom. The first kappa shape index (κ1) is 23.0. The highest BCUT2D eigenvalue weighted by molar-refractivity contribution is 7.18. The molecule has 1 aromatic heterocycles. The molecule has 33 heavy (non-hydrogen) atoms. The maximum atomic E-state index is 13.2. The van der Waals surface area contributed by atoms with Crippen LogP contribution in [-0.2, 0) is 20.7 Å². The van der Waals surface area contributed by atoms with Gasteiger partial charge in [0.1, 0.15) is 11.5 Å². The van der Waals surface area contributed by atoms with E-state index in [1.54, 1.807) is 36.6 Å². The number of rotatable bonds is 8. The number of benzene rings is 2. The Morgan fingerprint density at radius 1 is 1.06 bits per heavy atom. The number of hydrogen-bond acceptors (Lipinski definition) is 7. The topological polar surface area (TPSA) is 86.8 Å². The van der Waals surface area contributed by atoms with Gasteiger partial charge in [0.05, 0.1) is 40.5 Å². The van der Waals surface area contributed by atoms with Gasteiger partial charge in [-0.3, -0.25) is 9.59 Å². The summed E-state index contributed by atoms with van der Waals surface area (Å²) in [6, 6.07) is 13.1. The number of para-hydroxylation sites is 1. The minimum absolute atomic E-state index is 0.321. The smallest absolute Gasteiger partial charge is 0.313 e. The number of nitrogens with zero attached hydrogens (tertiary/aromatic N) is 1. The molecular formula is C25H28N2O5S. The Labute approximate surface area is 197 Å². The van der Waals surface area contributed by atoms with E-state index in [1.807, 2.05) is 24.3 Å². The Bertz CT molecular complexity index is 1100. The van der Waals surface area contributed by atoms with Crippen molar-refractivity contribution in [3.8, 4) is 11.5 Å². The lowest BCUT2D eigenvalue weighted by molar-refractivity contribution is -0.160. The summed E-state index contributed by atoms with van der Waals surface area (Å²) in [6.45, 7) is -0.352. The lowest BCUT2D eigenvalue weighted by Gasteiger charge is -2.34. The van der Waals surface area contributed by atoms with Gasteiger partial charge in [0, 0.05) is 12.5 Å². The van der Waals surface area contributed by atoms with E-state index in [0.29, 0.717) is 23.6 Å². The van der Waals surface area contributed by atoms with Crippen LogP contribution < -0.4 is 14.8 Å². The van der Waals surface area contributed by atoms with E-state index in [9.17, 15) is 9.59 Å². The fourth-order valence-electron chi connectivity index (χ4n) is 4.34. The number of esters is 1. The van der Waals surface area contributed by atoms with Crippen LogP contribution in [0.2, 0.25) is 0 Å². The van der Waals surface area contributed by atoms with Crippen molar-refractivity contribution in [2.24, 2.45) is 5.41 Å². The molecular weight excluding hydrogens is 440 g/mol. The van der Waals surface area contributed by atoms with Gasteiger partial charge in [0.15, 0.2) is 6.61 Å². The van der Waals surface area contributed by atoms with Crippen LogP contribution in [0.4, 0.5) is 5.69 Å². The minimum atomic E-state index is -0.635. The first-order chi connectivity index (χ1) is 16.0. The van der Waals surface area contributed by atoms with Gasteiger partial charge in [0.2, 0.25) is 0 Å². The average Bonchev–Trinajstić information content (AvgIpc) is 3.25. The number of amides is 1. The van der Waals surface area contributed by atoms with Crippen molar-refractivity contribution >= 4 is 39.1 Å². The number of thiazole rings is 1. The second-order valence-corrected chi connectivity index (χ2v) is 9.40. The molecule has 7 nitrogen and oxygen atoms in total. The van der Waals surface area contributed by atoms with Gasteiger partial charge < -0.3 is 19.5 Å². The van der Waals surface area contributed by atoms with Crippen molar-refractivity contribution in [1.82, 2.24) is 4.98 Å². The van der Waals surface area contributed by atoms with Gasteiger partial charge in [-0.05, 0) is 37.1 Å². The van der Waals surface area contributed by atoms with Gasteiger partial charge in [0.25, 0.3) is 5.91 Å². The minimum Gasteiger partial charge on any atom is -0.497 e. The fraction of sp³-hybridized carbons (Fsp3) is 0.400. The van der Waals surface area contributed by atoms with E-state index in [2.05, 4.69) is 5.32 Å². The van der Waals surface area contributed by atoms with E-state index < -0.39 is 11.3 Å². The third-order valence-electron chi connectivity index (χ3n) is 6.09. The molecule has 1 saturated carbocycles. The third-order valence-corrected chi connectivity index (χ3v) is 7.12. The molecule has 174 valence electrons. The van der Waals surface area contributed by atoms with Gasteiger partial charge in [-0.15, -0.1) is 11.3 Å². The number of hydrogen-bond donors (Lipinski definition) is 1. The molecule has 1 aliphatic rings. The van der Waals surface area contributed by atoms with Crippen molar-refractivity contribution < 1.29 is 23.8 Å². The largest absolute Gasteiger partial charge is 0.497 e. The molecule has 1 amide bonds. The molecule has 3 aromatic rings. The summed E-state index contributed by atoms with van der Waals surface area (Å²) in [4.78, 5) is 30.5. The van der Waals surface area contributed by atoms with E-state index in [0.717, 1.165) is 47.3 Å². The van der Waals surface area contributed by atoms with E-state index in [1.165, 1.54) is 7.11 Å². The molecule has 1 heterocycles. The monoisotopic (exact) mass is 468 g/mol. The summed E-state index contributed by atoms with van der Waals surface area (Å²) in [5.41, 5.74) is 0.801. The lowest BCUT2D eigenvalue weighted by Crippen LogP contribution is -2.38. The number of methoxy groups -OCH3 is 2. The fourth-order valence-corrected chi connectivity index (χ4v) is 5.45. The Hall–Kier alpha value is -3.13. The quantitative estimate of drug-likeness (QED) is 0.469. The molecule has 1 fully saturated rings. The van der Waals surface area contributed by atoms with Crippen LogP contribution in [0.3, 0.4) is 0 Å². The third kappa shape index (κ3) is 5.27. The molecule has 0 spiro atoms. The van der Waals surface area contributed by atoms with Crippen LogP contribution in [0.15, 0.2) is 42.5 Å². The van der Waals surface area contributed by atoms with Crippen molar-refractivity contribution in [3.63, 3.8) is 0 Å². The zero-order valence-electron chi connectivity index (χ0n) is 18.9. The van der Waals surface area contributed by atoms with Gasteiger partial charge in [-0.2, -0.15) is 0 Å². The molecule has 4 rings (SSSR count). The van der Waals surface area contributed by atoms with Crippen LogP contribution in [0, 0.1) is 5.41 Å². The second-order valence-electron chi connectivity index (χ2n) is 8.28. The summed E-state index contributed by atoms with van der Waals surface area (Å²) in [5.74, 6) is 0.343. The zero-order chi connectivity index (χ0) is 23.3. The van der Waals surface area contributed by atoms with Crippen LogP contribution in [0.25, 0.3) is 10.2 Å². The second kappa shape index (κ2) is 10.2. The Balaban J connectivity index is 1.42. The van der Waals surface area contributed by atoms with Crippen molar-refractivity contribution in [3.05, 3.63) is 47.5 Å². The lowest BCUT2D eigenvalue weighted by atomic mass is 9.72. The molecule has 0 saturated heterocycles. The summed E-state index contributed by atoms with van der Waals surface area (Å²) >= 11 is 1.62. The first-order valence-electron chi connectivity index (χ1n) is 11.1. The molecule has 0 aliphatic heterocycles. The first-order valence-corrected chi connectivity index (χ1v) is 11.9. The van der Waals surface area contributed by atoms with Gasteiger partial charge in [-0.1, -0.05) is 31.4 Å². The molecule has 8 heteroatoms. The van der Waals surface area contributed by atoms with Crippen molar-refractivity contribution in [2.45, 2.75) is 38.5 Å². The van der Waals surface area contributed by atoms with E-state index in [-0.39, 0.29) is 12.6 Å². The maximum absolute atomic E-state index is 13.2. The predicted molar refractivity (Wildman–Crippen MR) is 128 cm³/mol. The molecule has 2 aromatic carbocycles. The standard InChI is InChI=1S/C25H28N2O5S/c1-30-17-10-11-18(20(14-17)31-2)26-22(28)16-32-24(29)25(12-6-3-7-13-25)15-23-27-19-8-4-5-9-21(19)33-23/h4-5,8-11,14H,3,6-7,12-13,15-16H2,1-2H3,(H,26,28). The van der Waals surface area contributed by atoms with Crippen LogP contribution in [0.5, 0.6) is 11.5 Å². The van der Waals surface area contributed by atoms with Crippen LogP contribution >= 0.6 is 11.3 Å². The highest BCUT2D eigenvalue weighted by atomic mass is 32.1. The Morgan fingerprint density at radius 3 is 2.58 bits per heavy atom. The van der Waals surface area contributed by atoms with E-state index in [4.69, 9.17) is 19.2 Å². The van der Waals surface area contributed by atoms with Gasteiger partial charge in [-0.25, -0.2) is 4.98 Å². The number of nitrogens with one attached hydrogen (secondary N) is 1. The SMILES string of the molecule is COc1ccc(NC(=O)COC(=O)C2(Cc3nc4ccccc4s3)CCCCC2)c(OC)c1. The highest BCUT2D eigenvalue weighted by Gasteiger charge is 2.42. The van der Waals surface area contributed by atoms with Gasteiger partial charge >= 0.3 is 5.97 Å². The average molecular weight is 469 g/mol. The number of carbonyl (C=O) groups is 2. The van der Waals surface area contributed by atoms with Crippen LogP contribution in [-0.4, -0.2) is 37.7 Å². The molecule has 0 unspecified atom stereocenters. The molecule has 0 atom stereocenters. The molecule has 1 aliphatic carbocycles. The molecule has 0 radical (unpaired) electrons. The summed E-state index contributed by atoms with van der Waals surface area (Å²) < 4.78 is 17.1. The summed E-state index contributed by atoms with van der Waals surface area (Å²) in [5, 5.41) is 3.68. The summed E-state index contributed by atoms with van der Waals surface area (Å²) in [7, 11) is 3.07. The molecule has 1 N–H and O–H groups in total. The zero-order valence-corrected chi connectivity index (χ0v) is 19.7. The van der Waals surface area contributed by atoms with E-state index >= 15 is 0 Å². The normalized spacial score (nSPS) is 15.1. The number of aromatic nitrogens is 1. The van der Waals surface area contributed by atoms with Crippen molar-refractivity contribution in [2.75, 3.05) is 26.1 Å². The van der Waals surface area contributed by atoms with Crippen molar-refractivity contribution in [1.29, 1.82) is 0 Å².